The van der Waals surface area contributed by atoms with E-state index in [-0.39, 0.29) is 12.0 Å². The topological polar surface area (TPSA) is 23.0 Å². The lowest BCUT2D eigenvalue weighted by Crippen LogP contribution is -2.17. The van der Waals surface area contributed by atoms with E-state index >= 15 is 0 Å². The van der Waals surface area contributed by atoms with Crippen molar-refractivity contribution in [1.29, 1.82) is 0 Å². The molecule has 1 aliphatic rings. The van der Waals surface area contributed by atoms with E-state index in [2.05, 4.69) is 180 Å². The molecule has 52 heavy (non-hydrogen) atoms. The van der Waals surface area contributed by atoms with Crippen LogP contribution in [0.25, 0.3) is 88.7 Å². The van der Waals surface area contributed by atoms with Crippen molar-refractivity contribution in [3.8, 4) is 27.9 Å². The molecule has 3 aromatic heterocycles. The SMILES string of the molecule is CC1c2c(n(-c3cccc(-c4cccc(-c5cccc6c5oc5ccccc56)c4)c3)c3ccccc23)C=CC1n1c2ccccc2c2ccccc21. The third kappa shape index (κ3) is 4.20. The minimum absolute atomic E-state index is 0.182. The average molecular weight is 667 g/mol. The molecule has 2 unspecified atom stereocenters. The summed E-state index contributed by atoms with van der Waals surface area (Å²) >= 11 is 0. The Balaban J connectivity index is 1.03. The average Bonchev–Trinajstić information content (AvgIpc) is 3.86. The largest absolute Gasteiger partial charge is 0.455 e. The molecule has 3 heterocycles. The molecule has 246 valence electrons. The van der Waals surface area contributed by atoms with Crippen molar-refractivity contribution >= 4 is 60.7 Å². The van der Waals surface area contributed by atoms with Crippen molar-refractivity contribution in [1.82, 2.24) is 9.13 Å². The van der Waals surface area contributed by atoms with E-state index in [1.165, 1.54) is 55.1 Å². The van der Waals surface area contributed by atoms with Crippen molar-refractivity contribution in [2.75, 3.05) is 0 Å². The summed E-state index contributed by atoms with van der Waals surface area (Å²) in [4.78, 5) is 0. The second kappa shape index (κ2) is 11.2. The second-order valence-corrected chi connectivity index (χ2v) is 14.1. The number of hydrogen-bond donors (Lipinski definition) is 0. The van der Waals surface area contributed by atoms with Gasteiger partial charge in [-0.15, -0.1) is 0 Å². The molecule has 0 aliphatic heterocycles. The van der Waals surface area contributed by atoms with Crippen LogP contribution in [-0.4, -0.2) is 9.13 Å². The third-order valence-electron chi connectivity index (χ3n) is 11.3. The first kappa shape index (κ1) is 29.2. The van der Waals surface area contributed by atoms with Gasteiger partial charge in [-0.25, -0.2) is 0 Å². The van der Waals surface area contributed by atoms with E-state index in [9.17, 15) is 0 Å². The first-order valence-electron chi connectivity index (χ1n) is 18.1. The Morgan fingerprint density at radius 2 is 1.10 bits per heavy atom. The summed E-state index contributed by atoms with van der Waals surface area (Å²) in [5, 5.41) is 6.22. The van der Waals surface area contributed by atoms with Crippen LogP contribution >= 0.6 is 0 Å². The minimum atomic E-state index is 0.182. The molecular weight excluding hydrogens is 633 g/mol. The number of aromatic nitrogens is 2. The number of benzene rings is 7. The molecule has 10 aromatic rings. The standard InChI is InChI=1S/C49H34N2O/c1-31-42(51-43-23-6-2-17-37(43)38-18-3-7-24-44(38)51)27-28-46-48(31)41-20-4-8-25-45(41)50(46)35-16-11-14-33(30-35)32-13-10-15-34(29-32)36-21-12-22-40-39-19-5-9-26-47(39)52-49(36)40/h2-31,42H,1H3. The molecular formula is C49H34N2O. The first-order chi connectivity index (χ1) is 25.7. The number of hydrogen-bond acceptors (Lipinski definition) is 1. The molecule has 0 saturated carbocycles. The van der Waals surface area contributed by atoms with Crippen LogP contribution in [0, 0.1) is 0 Å². The van der Waals surface area contributed by atoms with Crippen molar-refractivity contribution in [2.24, 2.45) is 0 Å². The molecule has 7 aromatic carbocycles. The monoisotopic (exact) mass is 666 g/mol. The zero-order valence-corrected chi connectivity index (χ0v) is 28.7. The fourth-order valence-corrected chi connectivity index (χ4v) is 8.98. The Kier molecular flexibility index (Phi) is 6.29. The Labute approximate surface area is 301 Å². The molecule has 0 bridgehead atoms. The van der Waals surface area contributed by atoms with Gasteiger partial charge in [0, 0.05) is 55.1 Å². The summed E-state index contributed by atoms with van der Waals surface area (Å²) in [6.07, 6.45) is 4.79. The van der Waals surface area contributed by atoms with Crippen LogP contribution in [0.1, 0.15) is 30.1 Å². The number of rotatable bonds is 4. The Morgan fingerprint density at radius 1 is 0.500 bits per heavy atom. The lowest BCUT2D eigenvalue weighted by atomic mass is 9.86. The molecule has 1 aliphatic carbocycles. The maximum absolute atomic E-state index is 6.42. The van der Waals surface area contributed by atoms with Gasteiger partial charge in [0.25, 0.3) is 0 Å². The third-order valence-corrected chi connectivity index (χ3v) is 11.3. The summed E-state index contributed by atoms with van der Waals surface area (Å²) in [6.45, 7) is 2.40. The van der Waals surface area contributed by atoms with Crippen molar-refractivity contribution in [2.45, 2.75) is 18.9 Å². The maximum Gasteiger partial charge on any atom is 0.143 e. The highest BCUT2D eigenvalue weighted by molar-refractivity contribution is 6.10. The highest BCUT2D eigenvalue weighted by Crippen LogP contribution is 2.47. The van der Waals surface area contributed by atoms with Gasteiger partial charge in [-0.05, 0) is 70.8 Å². The highest BCUT2D eigenvalue weighted by atomic mass is 16.3. The van der Waals surface area contributed by atoms with E-state index in [0.29, 0.717) is 0 Å². The predicted molar refractivity (Wildman–Crippen MR) is 217 cm³/mol. The molecule has 0 spiro atoms. The van der Waals surface area contributed by atoms with Crippen LogP contribution < -0.4 is 0 Å². The quantitative estimate of drug-likeness (QED) is 0.183. The van der Waals surface area contributed by atoms with Crippen molar-refractivity contribution < 1.29 is 4.42 Å². The molecule has 0 amide bonds. The van der Waals surface area contributed by atoms with Gasteiger partial charge in [-0.2, -0.15) is 0 Å². The van der Waals surface area contributed by atoms with Crippen LogP contribution in [0.5, 0.6) is 0 Å². The molecule has 3 heteroatoms. The van der Waals surface area contributed by atoms with Gasteiger partial charge in [-0.3, -0.25) is 0 Å². The maximum atomic E-state index is 6.42. The van der Waals surface area contributed by atoms with E-state index in [4.69, 9.17) is 4.42 Å². The van der Waals surface area contributed by atoms with E-state index in [0.717, 1.165) is 38.8 Å². The number of furan rings is 1. The van der Waals surface area contributed by atoms with E-state index in [1.807, 2.05) is 12.1 Å². The van der Waals surface area contributed by atoms with Gasteiger partial charge in [0.15, 0.2) is 0 Å². The number of nitrogens with zero attached hydrogens (tertiary/aromatic N) is 2. The molecule has 2 atom stereocenters. The second-order valence-electron chi connectivity index (χ2n) is 14.1. The molecule has 0 fully saturated rings. The number of para-hydroxylation sites is 5. The van der Waals surface area contributed by atoms with Crippen LogP contribution in [0.15, 0.2) is 174 Å². The summed E-state index contributed by atoms with van der Waals surface area (Å²) in [5.74, 6) is 0.256. The Bertz CT molecular complexity index is 3010. The van der Waals surface area contributed by atoms with Gasteiger partial charge < -0.3 is 13.6 Å². The predicted octanol–water partition coefficient (Wildman–Crippen LogP) is 13.3. The fraction of sp³-hybridized carbons (Fsp3) is 0.0612. The molecule has 0 radical (unpaired) electrons. The zero-order chi connectivity index (χ0) is 34.3. The minimum Gasteiger partial charge on any atom is -0.455 e. The number of fused-ring (bicyclic) bond motifs is 9. The fourth-order valence-electron chi connectivity index (χ4n) is 8.98. The van der Waals surface area contributed by atoms with Gasteiger partial charge in [0.05, 0.1) is 17.3 Å². The van der Waals surface area contributed by atoms with Gasteiger partial charge >= 0.3 is 0 Å². The smallest absolute Gasteiger partial charge is 0.143 e. The Hall–Kier alpha value is -6.58. The van der Waals surface area contributed by atoms with Crippen LogP contribution in [-0.2, 0) is 0 Å². The molecule has 0 N–H and O–H groups in total. The first-order valence-corrected chi connectivity index (χ1v) is 18.1. The molecule has 11 rings (SSSR count). The lowest BCUT2D eigenvalue weighted by molar-refractivity contribution is 0.540. The van der Waals surface area contributed by atoms with E-state index in [1.54, 1.807) is 0 Å². The van der Waals surface area contributed by atoms with Gasteiger partial charge in [0.2, 0.25) is 0 Å². The lowest BCUT2D eigenvalue weighted by Gasteiger charge is -2.29. The summed E-state index contributed by atoms with van der Waals surface area (Å²) < 4.78 is 11.4. The number of allylic oxidation sites excluding steroid dienone is 1. The zero-order valence-electron chi connectivity index (χ0n) is 28.7. The van der Waals surface area contributed by atoms with Crippen LogP contribution in [0.3, 0.4) is 0 Å². The van der Waals surface area contributed by atoms with Crippen molar-refractivity contribution in [3.63, 3.8) is 0 Å². The van der Waals surface area contributed by atoms with Gasteiger partial charge in [-0.1, -0.05) is 134 Å². The van der Waals surface area contributed by atoms with Crippen molar-refractivity contribution in [3.05, 3.63) is 181 Å². The Morgan fingerprint density at radius 3 is 1.88 bits per heavy atom. The molecule has 0 saturated heterocycles. The molecule has 3 nitrogen and oxygen atoms in total. The van der Waals surface area contributed by atoms with E-state index < -0.39 is 0 Å². The van der Waals surface area contributed by atoms with Crippen LogP contribution in [0.4, 0.5) is 0 Å². The summed E-state index contributed by atoms with van der Waals surface area (Å²) in [7, 11) is 0. The summed E-state index contributed by atoms with van der Waals surface area (Å²) in [6, 6.07) is 59.3. The normalized spacial score (nSPS) is 15.7. The van der Waals surface area contributed by atoms with Gasteiger partial charge in [0.1, 0.15) is 11.2 Å². The highest BCUT2D eigenvalue weighted by Gasteiger charge is 2.31. The summed E-state index contributed by atoms with van der Waals surface area (Å²) in [5.41, 5.74) is 14.1. The van der Waals surface area contributed by atoms with Crippen LogP contribution in [0.2, 0.25) is 0 Å².